The van der Waals surface area contributed by atoms with Crippen LogP contribution in [-0.2, 0) is 21.9 Å². The Balaban J connectivity index is 2.09. The summed E-state index contributed by atoms with van der Waals surface area (Å²) < 4.78 is 26.7. The van der Waals surface area contributed by atoms with Crippen molar-refractivity contribution in [1.29, 1.82) is 0 Å². The molecule has 6 heteroatoms. The lowest BCUT2D eigenvalue weighted by Gasteiger charge is -2.07. The molecule has 1 N–H and O–H groups in total. The zero-order valence-electron chi connectivity index (χ0n) is 10.1. The number of sulfonamides is 1. The maximum atomic E-state index is 12.1. The Morgan fingerprint density at radius 2 is 1.84 bits per heavy atom. The van der Waals surface area contributed by atoms with Gasteiger partial charge in [0.05, 0.1) is 4.90 Å². The monoisotopic (exact) mass is 340 g/mol. The maximum Gasteiger partial charge on any atom is 0.240 e. The fraction of sp³-hybridized carbons (Fsp3) is 0.154. The fourth-order valence-electron chi connectivity index (χ4n) is 1.52. The minimum Gasteiger partial charge on any atom is -0.264 e. The van der Waals surface area contributed by atoms with Gasteiger partial charge in [-0.2, -0.15) is 0 Å². The van der Waals surface area contributed by atoms with Gasteiger partial charge in [-0.05, 0) is 29.3 Å². The van der Waals surface area contributed by atoms with Crippen molar-refractivity contribution in [2.75, 3.05) is 0 Å². The van der Waals surface area contributed by atoms with Gasteiger partial charge in [-0.1, -0.05) is 34.1 Å². The molecule has 0 unspecified atom stereocenters. The predicted octanol–water partition coefficient (Wildman–Crippen LogP) is 2.46. The topological polar surface area (TPSA) is 59.1 Å². The number of rotatable bonds is 5. The van der Waals surface area contributed by atoms with Gasteiger partial charge < -0.3 is 0 Å². The molecule has 4 nitrogen and oxygen atoms in total. The first-order chi connectivity index (χ1) is 9.12. The van der Waals surface area contributed by atoms with Crippen molar-refractivity contribution in [2.24, 2.45) is 0 Å². The highest BCUT2D eigenvalue weighted by Gasteiger charge is 2.13. The highest BCUT2D eigenvalue weighted by atomic mass is 79.9. The zero-order valence-corrected chi connectivity index (χ0v) is 12.5. The Bertz CT molecular complexity index is 627. The van der Waals surface area contributed by atoms with Gasteiger partial charge in [-0.3, -0.25) is 4.98 Å². The average Bonchev–Trinajstić information content (AvgIpc) is 2.46. The predicted molar refractivity (Wildman–Crippen MR) is 77.3 cm³/mol. The Morgan fingerprint density at radius 1 is 1.11 bits per heavy atom. The molecule has 0 aliphatic carbocycles. The van der Waals surface area contributed by atoms with Crippen LogP contribution in [0.25, 0.3) is 0 Å². The van der Waals surface area contributed by atoms with Crippen LogP contribution in [0.4, 0.5) is 0 Å². The first kappa shape index (κ1) is 14.2. The van der Waals surface area contributed by atoms with Crippen LogP contribution >= 0.6 is 15.9 Å². The molecular formula is C13H13BrN2O2S. The molecule has 0 amide bonds. The second-order valence-electron chi connectivity index (χ2n) is 3.96. The summed E-state index contributed by atoms with van der Waals surface area (Å²) in [4.78, 5) is 4.21. The summed E-state index contributed by atoms with van der Waals surface area (Å²) in [5, 5.41) is 0.705. The van der Waals surface area contributed by atoms with Crippen LogP contribution in [0.2, 0.25) is 0 Å². The van der Waals surface area contributed by atoms with Crippen LogP contribution in [0.5, 0.6) is 0 Å². The Kier molecular flexibility index (Phi) is 4.68. The molecule has 0 fully saturated rings. The molecule has 100 valence electrons. The summed E-state index contributed by atoms with van der Waals surface area (Å²) in [7, 11) is -3.48. The third kappa shape index (κ3) is 3.86. The summed E-state index contributed by atoms with van der Waals surface area (Å²) in [5.41, 5.74) is 1.86. The van der Waals surface area contributed by atoms with Crippen LogP contribution in [0, 0.1) is 0 Å². The molecule has 0 saturated heterocycles. The quantitative estimate of drug-likeness (QED) is 0.850. The van der Waals surface area contributed by atoms with E-state index in [0.717, 1.165) is 11.1 Å². The van der Waals surface area contributed by atoms with E-state index < -0.39 is 10.0 Å². The van der Waals surface area contributed by atoms with Crippen LogP contribution in [0.15, 0.2) is 53.7 Å². The molecule has 0 aliphatic rings. The summed E-state index contributed by atoms with van der Waals surface area (Å²) in [6.45, 7) is 0.233. The van der Waals surface area contributed by atoms with Crippen LogP contribution < -0.4 is 4.72 Å². The molecule has 0 atom stereocenters. The maximum absolute atomic E-state index is 12.1. The largest absolute Gasteiger partial charge is 0.264 e. The molecule has 2 aromatic rings. The minimum absolute atomic E-state index is 0.233. The van der Waals surface area contributed by atoms with Gasteiger partial charge in [0.15, 0.2) is 0 Å². The van der Waals surface area contributed by atoms with Crippen molar-refractivity contribution in [1.82, 2.24) is 9.71 Å². The van der Waals surface area contributed by atoms with E-state index in [9.17, 15) is 8.42 Å². The van der Waals surface area contributed by atoms with Crippen molar-refractivity contribution in [3.63, 3.8) is 0 Å². The molecule has 0 spiro atoms. The van der Waals surface area contributed by atoms with Crippen molar-refractivity contribution in [3.8, 4) is 0 Å². The lowest BCUT2D eigenvalue weighted by molar-refractivity contribution is 0.581. The smallest absolute Gasteiger partial charge is 0.240 e. The third-order valence-electron chi connectivity index (χ3n) is 2.58. The van der Waals surface area contributed by atoms with Gasteiger partial charge in [0.25, 0.3) is 0 Å². The second-order valence-corrected chi connectivity index (χ2v) is 6.29. The zero-order chi connectivity index (χ0) is 13.7. The van der Waals surface area contributed by atoms with E-state index in [0.29, 0.717) is 5.33 Å². The average molecular weight is 341 g/mol. The van der Waals surface area contributed by atoms with E-state index in [1.807, 2.05) is 6.07 Å². The lowest BCUT2D eigenvalue weighted by atomic mass is 10.2. The highest BCUT2D eigenvalue weighted by molar-refractivity contribution is 9.08. The number of hydrogen-bond donors (Lipinski definition) is 1. The molecule has 1 aromatic carbocycles. The molecule has 0 saturated carbocycles. The Labute approximate surface area is 121 Å². The molecule has 1 aromatic heterocycles. The van der Waals surface area contributed by atoms with Crippen molar-refractivity contribution >= 4 is 26.0 Å². The van der Waals surface area contributed by atoms with Gasteiger partial charge in [0.1, 0.15) is 0 Å². The van der Waals surface area contributed by atoms with Crippen molar-refractivity contribution in [2.45, 2.75) is 16.8 Å². The second kappa shape index (κ2) is 6.27. The molecule has 0 aliphatic heterocycles. The molecule has 0 bridgehead atoms. The van der Waals surface area contributed by atoms with E-state index >= 15 is 0 Å². The van der Waals surface area contributed by atoms with E-state index in [-0.39, 0.29) is 11.4 Å². The number of halogens is 1. The number of pyridine rings is 1. The van der Waals surface area contributed by atoms with E-state index in [2.05, 4.69) is 25.6 Å². The van der Waals surface area contributed by atoms with Gasteiger partial charge >= 0.3 is 0 Å². The number of hydrogen-bond acceptors (Lipinski definition) is 3. The van der Waals surface area contributed by atoms with Gasteiger partial charge in [-0.25, -0.2) is 13.1 Å². The van der Waals surface area contributed by atoms with Gasteiger partial charge in [-0.15, -0.1) is 0 Å². The number of aromatic nitrogens is 1. The molecule has 0 radical (unpaired) electrons. The molecule has 1 heterocycles. The third-order valence-corrected chi connectivity index (χ3v) is 4.64. The summed E-state index contributed by atoms with van der Waals surface area (Å²) in [6.07, 6.45) is 3.29. The Morgan fingerprint density at radius 3 is 2.42 bits per heavy atom. The first-order valence-electron chi connectivity index (χ1n) is 5.65. The summed E-state index contributed by atoms with van der Waals surface area (Å²) in [6, 6.07) is 10.4. The Hall–Kier alpha value is -1.24. The van der Waals surface area contributed by atoms with Crippen LogP contribution in [-0.4, -0.2) is 13.4 Å². The van der Waals surface area contributed by atoms with Crippen molar-refractivity contribution < 1.29 is 8.42 Å². The fourth-order valence-corrected chi connectivity index (χ4v) is 2.91. The SMILES string of the molecule is O=S(=O)(NCc1cccnc1)c1ccc(CBr)cc1. The highest BCUT2D eigenvalue weighted by Crippen LogP contribution is 2.13. The number of alkyl halides is 1. The minimum atomic E-state index is -3.48. The van der Waals surface area contributed by atoms with Crippen LogP contribution in [0.3, 0.4) is 0 Å². The first-order valence-corrected chi connectivity index (χ1v) is 8.26. The van der Waals surface area contributed by atoms with Gasteiger partial charge in [0.2, 0.25) is 10.0 Å². The van der Waals surface area contributed by atoms with E-state index in [1.54, 1.807) is 42.7 Å². The standard InChI is InChI=1S/C13H13BrN2O2S/c14-8-11-3-5-13(6-4-11)19(17,18)16-10-12-2-1-7-15-9-12/h1-7,9,16H,8,10H2. The summed E-state index contributed by atoms with van der Waals surface area (Å²) in [5.74, 6) is 0. The normalized spacial score (nSPS) is 11.4. The van der Waals surface area contributed by atoms with Crippen molar-refractivity contribution in [3.05, 3.63) is 59.9 Å². The number of nitrogens with zero attached hydrogens (tertiary/aromatic N) is 1. The van der Waals surface area contributed by atoms with E-state index in [1.165, 1.54) is 0 Å². The number of nitrogens with one attached hydrogen (secondary N) is 1. The number of benzene rings is 1. The van der Waals surface area contributed by atoms with Gasteiger partial charge in [0, 0.05) is 24.3 Å². The molecular weight excluding hydrogens is 328 g/mol. The molecule has 2 rings (SSSR count). The van der Waals surface area contributed by atoms with E-state index in [4.69, 9.17) is 0 Å². The molecule has 19 heavy (non-hydrogen) atoms. The van der Waals surface area contributed by atoms with Crippen LogP contribution in [0.1, 0.15) is 11.1 Å². The lowest BCUT2D eigenvalue weighted by Crippen LogP contribution is -2.23. The summed E-state index contributed by atoms with van der Waals surface area (Å²) >= 11 is 3.32.